The summed E-state index contributed by atoms with van der Waals surface area (Å²) in [5.74, 6) is 0.746. The number of rotatable bonds is 11. The highest BCUT2D eigenvalue weighted by molar-refractivity contribution is 5.31. The van der Waals surface area contributed by atoms with Gasteiger partial charge in [-0.2, -0.15) is 4.39 Å². The third kappa shape index (κ3) is 7.05. The number of allylic oxidation sites excluding steroid dienone is 4. The zero-order valence-corrected chi connectivity index (χ0v) is 19.8. The summed E-state index contributed by atoms with van der Waals surface area (Å²) in [7, 11) is 0. The topological polar surface area (TPSA) is 9.23 Å². The molecule has 2 aliphatic carbocycles. The van der Waals surface area contributed by atoms with Crippen molar-refractivity contribution in [3.63, 3.8) is 0 Å². The van der Waals surface area contributed by atoms with Gasteiger partial charge in [0.25, 0.3) is 0 Å². The van der Waals surface area contributed by atoms with E-state index in [0.29, 0.717) is 30.9 Å². The van der Waals surface area contributed by atoms with E-state index in [2.05, 4.69) is 31.7 Å². The molecule has 0 heterocycles. The highest BCUT2D eigenvalue weighted by atomic mass is 19.2. The van der Waals surface area contributed by atoms with Crippen LogP contribution in [0.4, 0.5) is 8.78 Å². The van der Waals surface area contributed by atoms with Gasteiger partial charge < -0.3 is 4.74 Å². The average molecular weight is 443 g/mol. The standard InChI is InChI=1S/C29H40F2O/c1-3-5-21-32-27-20-19-26(28(30)29(27)31)10-7-6-9-23-13-17-25(18-14-23)24-15-11-22(8-4-2)12-16-24/h3,6,9,11,19-20,23-25H,1,4-5,7-8,10,12-18,21H2,2H3/b9-6+. The fraction of sp³-hybridized carbons (Fsp3) is 0.586. The molecule has 3 rings (SSSR count). The van der Waals surface area contributed by atoms with Crippen molar-refractivity contribution in [1.29, 1.82) is 0 Å². The summed E-state index contributed by atoms with van der Waals surface area (Å²) in [6.45, 7) is 6.18. The van der Waals surface area contributed by atoms with Gasteiger partial charge in [-0.3, -0.25) is 0 Å². The molecule has 1 nitrogen and oxygen atoms in total. The summed E-state index contributed by atoms with van der Waals surface area (Å²) < 4.78 is 33.8. The average Bonchev–Trinajstić information content (AvgIpc) is 2.82. The van der Waals surface area contributed by atoms with Gasteiger partial charge in [0.15, 0.2) is 11.6 Å². The van der Waals surface area contributed by atoms with Gasteiger partial charge in [-0.1, -0.05) is 49.3 Å². The highest BCUT2D eigenvalue weighted by Crippen LogP contribution is 2.40. The number of hydrogen-bond donors (Lipinski definition) is 0. The van der Waals surface area contributed by atoms with Gasteiger partial charge in [-0.15, -0.1) is 6.58 Å². The molecular weight excluding hydrogens is 402 g/mol. The first-order valence-electron chi connectivity index (χ1n) is 12.7. The minimum atomic E-state index is -0.881. The van der Waals surface area contributed by atoms with Crippen LogP contribution in [0.2, 0.25) is 0 Å². The van der Waals surface area contributed by atoms with Gasteiger partial charge in [0.2, 0.25) is 5.82 Å². The summed E-state index contributed by atoms with van der Waals surface area (Å²) in [5.41, 5.74) is 2.10. The zero-order chi connectivity index (χ0) is 22.8. The van der Waals surface area contributed by atoms with Gasteiger partial charge in [0, 0.05) is 0 Å². The molecule has 176 valence electrons. The van der Waals surface area contributed by atoms with E-state index in [0.717, 1.165) is 18.3 Å². The molecule has 0 aliphatic heterocycles. The molecule has 0 radical (unpaired) electrons. The molecule has 0 bridgehead atoms. The number of halogens is 2. The van der Waals surface area contributed by atoms with Crippen LogP contribution in [0, 0.1) is 29.4 Å². The second kappa shape index (κ2) is 13.0. The Balaban J connectivity index is 1.39. The van der Waals surface area contributed by atoms with Crippen LogP contribution in [0.15, 0.2) is 48.6 Å². The number of ether oxygens (including phenoxy) is 1. The first-order valence-corrected chi connectivity index (χ1v) is 12.7. The van der Waals surface area contributed by atoms with Gasteiger partial charge in [0.05, 0.1) is 6.61 Å². The van der Waals surface area contributed by atoms with Crippen molar-refractivity contribution in [1.82, 2.24) is 0 Å². The largest absolute Gasteiger partial charge is 0.490 e. The monoisotopic (exact) mass is 442 g/mol. The predicted molar refractivity (Wildman–Crippen MR) is 130 cm³/mol. The van der Waals surface area contributed by atoms with Crippen molar-refractivity contribution in [3.8, 4) is 5.75 Å². The number of benzene rings is 1. The summed E-state index contributed by atoms with van der Waals surface area (Å²) >= 11 is 0. The van der Waals surface area contributed by atoms with Crippen molar-refractivity contribution in [2.24, 2.45) is 17.8 Å². The molecule has 3 heteroatoms. The van der Waals surface area contributed by atoms with Crippen molar-refractivity contribution in [2.75, 3.05) is 6.61 Å². The lowest BCUT2D eigenvalue weighted by atomic mass is 9.71. The van der Waals surface area contributed by atoms with E-state index >= 15 is 0 Å². The molecular formula is C29H40F2O. The molecule has 0 aromatic heterocycles. The lowest BCUT2D eigenvalue weighted by Gasteiger charge is -2.34. The Morgan fingerprint density at radius 1 is 1.00 bits per heavy atom. The van der Waals surface area contributed by atoms with Crippen molar-refractivity contribution >= 4 is 0 Å². The SMILES string of the molecule is C=CCCOc1ccc(CC/C=C/C2CCC(C3CC=C(CCC)CC3)CC2)c(F)c1F. The van der Waals surface area contributed by atoms with Crippen molar-refractivity contribution < 1.29 is 13.5 Å². The summed E-state index contributed by atoms with van der Waals surface area (Å²) in [6.07, 6.45) is 22.3. The van der Waals surface area contributed by atoms with Crippen LogP contribution in [0.1, 0.15) is 83.1 Å². The van der Waals surface area contributed by atoms with E-state index in [4.69, 9.17) is 4.74 Å². The quantitative estimate of drug-likeness (QED) is 0.246. The number of aryl methyl sites for hydroxylation is 1. The smallest absolute Gasteiger partial charge is 0.200 e. The van der Waals surface area contributed by atoms with Crippen LogP contribution in [0.25, 0.3) is 0 Å². The Hall–Kier alpha value is -1.90. The maximum Gasteiger partial charge on any atom is 0.200 e. The molecule has 0 spiro atoms. The minimum Gasteiger partial charge on any atom is -0.490 e. The third-order valence-electron chi connectivity index (χ3n) is 7.29. The van der Waals surface area contributed by atoms with E-state index in [1.807, 2.05) is 0 Å². The third-order valence-corrected chi connectivity index (χ3v) is 7.29. The lowest BCUT2D eigenvalue weighted by molar-refractivity contribution is 0.209. The zero-order valence-electron chi connectivity index (χ0n) is 19.8. The Kier molecular flexibility index (Phi) is 10.0. The molecule has 1 unspecified atom stereocenters. The van der Waals surface area contributed by atoms with Gasteiger partial charge in [-0.25, -0.2) is 4.39 Å². The minimum absolute atomic E-state index is 0.0181. The van der Waals surface area contributed by atoms with E-state index < -0.39 is 11.6 Å². The lowest BCUT2D eigenvalue weighted by Crippen LogP contribution is -2.22. The molecule has 1 fully saturated rings. The van der Waals surface area contributed by atoms with E-state index in [1.54, 1.807) is 17.7 Å². The van der Waals surface area contributed by atoms with Gasteiger partial charge >= 0.3 is 0 Å². The van der Waals surface area contributed by atoms with Crippen LogP contribution in [0.5, 0.6) is 5.75 Å². The molecule has 1 saturated carbocycles. The fourth-order valence-corrected chi connectivity index (χ4v) is 5.35. The van der Waals surface area contributed by atoms with Gasteiger partial charge in [-0.05, 0) is 100 Å². The molecule has 0 N–H and O–H groups in total. The maximum atomic E-state index is 14.3. The maximum absolute atomic E-state index is 14.3. The first kappa shape index (κ1) is 24.7. The van der Waals surface area contributed by atoms with E-state index in [-0.39, 0.29) is 5.75 Å². The second-order valence-electron chi connectivity index (χ2n) is 9.57. The Labute approximate surface area is 193 Å². The Bertz CT molecular complexity index is 787. The Morgan fingerprint density at radius 3 is 2.50 bits per heavy atom. The molecule has 0 saturated heterocycles. The summed E-state index contributed by atoms with van der Waals surface area (Å²) in [4.78, 5) is 0. The number of hydrogen-bond acceptors (Lipinski definition) is 1. The highest BCUT2D eigenvalue weighted by Gasteiger charge is 2.27. The first-order chi connectivity index (χ1) is 15.6. The molecule has 1 aromatic rings. The van der Waals surface area contributed by atoms with Gasteiger partial charge in [0.1, 0.15) is 0 Å². The van der Waals surface area contributed by atoms with Crippen molar-refractivity contribution in [2.45, 2.75) is 84.0 Å². The Morgan fingerprint density at radius 2 is 1.81 bits per heavy atom. The van der Waals surface area contributed by atoms with Crippen molar-refractivity contribution in [3.05, 3.63) is 65.8 Å². The van der Waals surface area contributed by atoms with E-state index in [9.17, 15) is 8.78 Å². The normalized spacial score (nSPS) is 23.8. The molecule has 2 aliphatic rings. The fourth-order valence-electron chi connectivity index (χ4n) is 5.35. The predicted octanol–water partition coefficient (Wildman–Crippen LogP) is 8.74. The van der Waals surface area contributed by atoms with Crippen LogP contribution in [-0.4, -0.2) is 6.61 Å². The van der Waals surface area contributed by atoms with Crippen LogP contribution in [-0.2, 0) is 6.42 Å². The molecule has 32 heavy (non-hydrogen) atoms. The van der Waals surface area contributed by atoms with Crippen LogP contribution in [0.3, 0.4) is 0 Å². The molecule has 1 atom stereocenters. The molecule has 0 amide bonds. The van der Waals surface area contributed by atoms with Crippen LogP contribution >= 0.6 is 0 Å². The summed E-state index contributed by atoms with van der Waals surface area (Å²) in [6, 6.07) is 3.18. The second-order valence-corrected chi connectivity index (χ2v) is 9.57. The summed E-state index contributed by atoms with van der Waals surface area (Å²) in [5, 5.41) is 0. The van der Waals surface area contributed by atoms with E-state index in [1.165, 1.54) is 63.9 Å². The molecule has 1 aromatic carbocycles. The van der Waals surface area contributed by atoms with Crippen LogP contribution < -0.4 is 4.74 Å².